The summed E-state index contributed by atoms with van der Waals surface area (Å²) in [5.74, 6) is 0.443. The monoisotopic (exact) mass is 323 g/mol. The number of hydrogen-bond donors (Lipinski definition) is 1. The first-order chi connectivity index (χ1) is 10.9. The molecule has 1 fully saturated rings. The number of nitrogens with zero attached hydrogens (tertiary/aromatic N) is 1. The highest BCUT2D eigenvalue weighted by Crippen LogP contribution is 2.27. The zero-order valence-corrected chi connectivity index (χ0v) is 14.8. The quantitative estimate of drug-likeness (QED) is 0.789. The Balaban J connectivity index is 0.000000868. The molecule has 0 saturated carbocycles. The lowest BCUT2D eigenvalue weighted by atomic mass is 9.99. The van der Waals surface area contributed by atoms with E-state index in [0.29, 0.717) is 5.92 Å². The molecule has 1 atom stereocenters. The van der Waals surface area contributed by atoms with Gasteiger partial charge in [-0.05, 0) is 32.8 Å². The SMILES string of the molecule is CC.CC(C)(C)OC(=O)N1CC[C@H](c2ccccc2)C1.O=CO. The van der Waals surface area contributed by atoms with Crippen LogP contribution in [-0.4, -0.2) is 41.3 Å². The number of hydrogen-bond acceptors (Lipinski definition) is 3. The normalized spacial score (nSPS) is 16.4. The molecule has 1 aromatic carbocycles. The molecular weight excluding hydrogens is 294 g/mol. The summed E-state index contributed by atoms with van der Waals surface area (Å²) in [5, 5.41) is 6.89. The van der Waals surface area contributed by atoms with Crippen LogP contribution in [0.5, 0.6) is 0 Å². The predicted molar refractivity (Wildman–Crippen MR) is 91.6 cm³/mol. The maximum atomic E-state index is 11.9. The van der Waals surface area contributed by atoms with E-state index < -0.39 is 5.60 Å². The van der Waals surface area contributed by atoms with Crippen LogP contribution in [0.1, 0.15) is 52.5 Å². The van der Waals surface area contributed by atoms with Crippen LogP contribution in [-0.2, 0) is 9.53 Å². The summed E-state index contributed by atoms with van der Waals surface area (Å²) in [6.07, 6.45) is 0.824. The molecule has 1 saturated heterocycles. The molecule has 5 heteroatoms. The van der Waals surface area contributed by atoms with Gasteiger partial charge in [-0.3, -0.25) is 4.79 Å². The highest BCUT2D eigenvalue weighted by atomic mass is 16.6. The molecule has 2 rings (SSSR count). The van der Waals surface area contributed by atoms with E-state index >= 15 is 0 Å². The molecule has 23 heavy (non-hydrogen) atoms. The van der Waals surface area contributed by atoms with E-state index in [1.807, 2.05) is 57.7 Å². The van der Waals surface area contributed by atoms with Crippen molar-refractivity contribution in [3.63, 3.8) is 0 Å². The smallest absolute Gasteiger partial charge is 0.410 e. The predicted octanol–water partition coefficient (Wildman–Crippen LogP) is 4.14. The first-order valence-electron chi connectivity index (χ1n) is 7.98. The summed E-state index contributed by atoms with van der Waals surface area (Å²) in [5.41, 5.74) is 0.894. The molecule has 1 amide bonds. The van der Waals surface area contributed by atoms with Gasteiger partial charge in [-0.1, -0.05) is 44.2 Å². The Morgan fingerprint density at radius 3 is 2.26 bits per heavy atom. The van der Waals surface area contributed by atoms with Crippen LogP contribution in [0.3, 0.4) is 0 Å². The van der Waals surface area contributed by atoms with Gasteiger partial charge in [0.1, 0.15) is 5.60 Å². The van der Waals surface area contributed by atoms with Crippen molar-refractivity contribution in [2.24, 2.45) is 0 Å². The minimum absolute atomic E-state index is 0.194. The van der Waals surface area contributed by atoms with Gasteiger partial charge in [0.05, 0.1) is 0 Å². The Bertz CT molecular complexity index is 454. The summed E-state index contributed by atoms with van der Waals surface area (Å²) in [6.45, 7) is 11.0. The molecule has 1 aliphatic rings. The Morgan fingerprint density at radius 1 is 1.26 bits per heavy atom. The third-order valence-electron chi connectivity index (χ3n) is 3.11. The van der Waals surface area contributed by atoms with E-state index in [2.05, 4.69) is 12.1 Å². The van der Waals surface area contributed by atoms with Gasteiger partial charge in [0, 0.05) is 19.0 Å². The third kappa shape index (κ3) is 8.24. The summed E-state index contributed by atoms with van der Waals surface area (Å²) in [7, 11) is 0. The van der Waals surface area contributed by atoms with E-state index in [9.17, 15) is 4.79 Å². The zero-order chi connectivity index (χ0) is 17.9. The number of benzene rings is 1. The standard InChI is InChI=1S/C15H21NO2.C2H6.CH2O2/c1-15(2,3)18-14(17)16-10-9-13(11-16)12-7-5-4-6-8-12;1-2;2-1-3/h4-8,13H,9-11H2,1-3H3;1-2H3;1H,(H,2,3)/t13-;;/m0../s1. The number of ether oxygens (including phenoxy) is 1. The van der Waals surface area contributed by atoms with Crippen LogP contribution in [0.15, 0.2) is 30.3 Å². The van der Waals surface area contributed by atoms with E-state index in [1.54, 1.807) is 0 Å². The van der Waals surface area contributed by atoms with Crippen LogP contribution in [0.2, 0.25) is 0 Å². The van der Waals surface area contributed by atoms with E-state index in [0.717, 1.165) is 19.5 Å². The molecule has 0 radical (unpaired) electrons. The van der Waals surface area contributed by atoms with Gasteiger partial charge in [-0.15, -0.1) is 0 Å². The lowest BCUT2D eigenvalue weighted by molar-refractivity contribution is -0.122. The van der Waals surface area contributed by atoms with E-state index in [-0.39, 0.29) is 12.6 Å². The van der Waals surface area contributed by atoms with Gasteiger partial charge in [-0.25, -0.2) is 4.79 Å². The summed E-state index contributed by atoms with van der Waals surface area (Å²) in [6, 6.07) is 10.4. The maximum Gasteiger partial charge on any atom is 0.410 e. The van der Waals surface area contributed by atoms with Gasteiger partial charge in [0.2, 0.25) is 0 Å². The van der Waals surface area contributed by atoms with Crippen molar-refractivity contribution in [3.8, 4) is 0 Å². The van der Waals surface area contributed by atoms with Crippen molar-refractivity contribution in [3.05, 3.63) is 35.9 Å². The largest absolute Gasteiger partial charge is 0.483 e. The number of carboxylic acid groups (broad SMARTS) is 1. The van der Waals surface area contributed by atoms with Crippen LogP contribution >= 0.6 is 0 Å². The molecule has 5 nitrogen and oxygen atoms in total. The number of carbonyl (C=O) groups is 2. The van der Waals surface area contributed by atoms with Gasteiger partial charge in [0.15, 0.2) is 0 Å². The van der Waals surface area contributed by atoms with Crippen LogP contribution in [0.25, 0.3) is 0 Å². The summed E-state index contributed by atoms with van der Waals surface area (Å²) < 4.78 is 5.39. The fourth-order valence-corrected chi connectivity index (χ4v) is 2.25. The second-order valence-corrected chi connectivity index (χ2v) is 5.93. The molecule has 0 spiro atoms. The fourth-order valence-electron chi connectivity index (χ4n) is 2.25. The summed E-state index contributed by atoms with van der Waals surface area (Å²) in [4.78, 5) is 22.1. The summed E-state index contributed by atoms with van der Waals surface area (Å²) >= 11 is 0. The van der Waals surface area contributed by atoms with Crippen molar-refractivity contribution < 1.29 is 19.4 Å². The number of rotatable bonds is 1. The molecular formula is C18H29NO4. The number of amides is 1. The lowest BCUT2D eigenvalue weighted by Gasteiger charge is -2.24. The first-order valence-corrected chi connectivity index (χ1v) is 7.98. The Kier molecular flexibility index (Phi) is 9.70. The maximum absolute atomic E-state index is 11.9. The molecule has 1 aliphatic heterocycles. The van der Waals surface area contributed by atoms with Crippen molar-refractivity contribution in [2.45, 2.75) is 52.6 Å². The fraction of sp³-hybridized carbons (Fsp3) is 0.556. The van der Waals surface area contributed by atoms with Crippen LogP contribution in [0.4, 0.5) is 4.79 Å². The number of likely N-dealkylation sites (tertiary alicyclic amines) is 1. The molecule has 0 aromatic heterocycles. The molecule has 1 heterocycles. The zero-order valence-electron chi connectivity index (χ0n) is 14.8. The van der Waals surface area contributed by atoms with Gasteiger partial charge in [0.25, 0.3) is 6.47 Å². The average molecular weight is 323 g/mol. The van der Waals surface area contributed by atoms with Gasteiger partial charge >= 0.3 is 6.09 Å². The minimum Gasteiger partial charge on any atom is -0.483 e. The lowest BCUT2D eigenvalue weighted by Crippen LogP contribution is -2.35. The third-order valence-corrected chi connectivity index (χ3v) is 3.11. The first kappa shape index (κ1) is 21.0. The average Bonchev–Trinajstić information content (AvgIpc) is 2.99. The van der Waals surface area contributed by atoms with Crippen molar-refractivity contribution in [1.82, 2.24) is 4.90 Å². The minimum atomic E-state index is -0.415. The molecule has 0 aliphatic carbocycles. The Morgan fingerprint density at radius 2 is 1.78 bits per heavy atom. The molecule has 1 aromatic rings. The van der Waals surface area contributed by atoms with Crippen LogP contribution < -0.4 is 0 Å². The molecule has 1 N–H and O–H groups in total. The number of carbonyl (C=O) groups excluding carboxylic acids is 1. The molecule has 0 bridgehead atoms. The molecule has 130 valence electrons. The van der Waals surface area contributed by atoms with E-state index in [4.69, 9.17) is 14.6 Å². The second-order valence-electron chi connectivity index (χ2n) is 5.93. The van der Waals surface area contributed by atoms with Gasteiger partial charge < -0.3 is 14.7 Å². The molecule has 0 unspecified atom stereocenters. The Labute approximate surface area is 139 Å². The van der Waals surface area contributed by atoms with Crippen molar-refractivity contribution in [2.75, 3.05) is 13.1 Å². The topological polar surface area (TPSA) is 66.8 Å². The van der Waals surface area contributed by atoms with Crippen molar-refractivity contribution in [1.29, 1.82) is 0 Å². The second kappa shape index (κ2) is 10.6. The van der Waals surface area contributed by atoms with E-state index in [1.165, 1.54) is 5.56 Å². The van der Waals surface area contributed by atoms with Crippen LogP contribution in [0, 0.1) is 0 Å². The Hall–Kier alpha value is -2.04. The van der Waals surface area contributed by atoms with Gasteiger partial charge in [-0.2, -0.15) is 0 Å². The van der Waals surface area contributed by atoms with Crippen molar-refractivity contribution >= 4 is 12.6 Å². The highest BCUT2D eigenvalue weighted by Gasteiger charge is 2.30. The highest BCUT2D eigenvalue weighted by molar-refractivity contribution is 5.68.